The summed E-state index contributed by atoms with van der Waals surface area (Å²) in [6, 6.07) is 9.44. The molecule has 3 atom stereocenters. The van der Waals surface area contributed by atoms with E-state index in [1.807, 2.05) is 0 Å². The molecule has 1 amide bonds. The molecule has 3 heterocycles. The number of sulfonamides is 1. The fourth-order valence-electron chi connectivity index (χ4n) is 7.18. The number of fused-ring (bicyclic) bond motifs is 4. The van der Waals surface area contributed by atoms with Crippen LogP contribution >= 0.6 is 0 Å². The number of hydrogen-bond donors (Lipinski definition) is 3. The van der Waals surface area contributed by atoms with Crippen molar-refractivity contribution in [3.63, 3.8) is 0 Å². The number of allylic oxidation sites excluding steroid dienone is 2. The lowest BCUT2D eigenvalue weighted by Crippen LogP contribution is -2.35. The monoisotopic (exact) mass is 797 g/mol. The van der Waals surface area contributed by atoms with E-state index in [2.05, 4.69) is 32.1 Å². The number of aromatic nitrogens is 5. The van der Waals surface area contributed by atoms with E-state index >= 15 is 8.78 Å². The molecule has 0 unspecified atom stereocenters. The molecule has 2 aliphatic rings. The van der Waals surface area contributed by atoms with Gasteiger partial charge in [0.2, 0.25) is 15.9 Å². The number of carbonyl (C=O) groups excluding carboxylic acids is 1. The third-order valence-electron chi connectivity index (χ3n) is 9.38. The molecule has 0 aliphatic heterocycles. The SMILES string of the molecule is Cn1nc(NS(C)(=O)=O)c2cccc(-c3ccc(C#CC(C)(C)O)nc3[C@H](Cc3cc(F)cc(F)c3)NC(=O)Cn3nc(C(F)F)c4c3C(F)(F)[C@@H]3C=C[C@H]43)c21. The quantitative estimate of drug-likeness (QED) is 0.0892. The lowest BCUT2D eigenvalue weighted by molar-refractivity contribution is -0.123. The van der Waals surface area contributed by atoms with Crippen LogP contribution in [0.25, 0.3) is 22.0 Å². The summed E-state index contributed by atoms with van der Waals surface area (Å²) in [6.07, 6.45) is 0.0518. The number of aryl methyl sites for hydroxylation is 1. The van der Waals surface area contributed by atoms with Crippen LogP contribution in [0.4, 0.5) is 32.2 Å². The molecule has 2 aromatic carbocycles. The number of rotatable bonds is 10. The Bertz CT molecular complexity index is 2600. The average molecular weight is 798 g/mol. The Balaban J connectivity index is 1.37. The Morgan fingerprint density at radius 1 is 1.04 bits per heavy atom. The maximum absolute atomic E-state index is 15.6. The average Bonchev–Trinajstić information content (AvgIpc) is 3.63. The molecule has 11 nitrogen and oxygen atoms in total. The second kappa shape index (κ2) is 13.8. The predicted octanol–water partition coefficient (Wildman–Crippen LogP) is 6.02. The van der Waals surface area contributed by atoms with Gasteiger partial charge in [0.15, 0.2) is 5.82 Å². The molecule has 5 aromatic rings. The number of hydrogen-bond acceptors (Lipinski definition) is 7. The van der Waals surface area contributed by atoms with E-state index in [1.165, 1.54) is 36.7 Å². The van der Waals surface area contributed by atoms with Crippen molar-refractivity contribution in [1.82, 2.24) is 29.9 Å². The van der Waals surface area contributed by atoms with Crippen molar-refractivity contribution in [3.05, 3.63) is 106 Å². The molecule has 3 N–H and O–H groups in total. The van der Waals surface area contributed by atoms with Gasteiger partial charge in [0.25, 0.3) is 12.3 Å². The fourth-order valence-corrected chi connectivity index (χ4v) is 7.68. The van der Waals surface area contributed by atoms with Crippen LogP contribution in [-0.2, 0) is 40.8 Å². The summed E-state index contributed by atoms with van der Waals surface area (Å²) < 4.78 is 117. The molecule has 292 valence electrons. The van der Waals surface area contributed by atoms with Crippen molar-refractivity contribution in [2.24, 2.45) is 13.0 Å². The minimum absolute atomic E-state index is 0.0180. The zero-order valence-corrected chi connectivity index (χ0v) is 30.9. The van der Waals surface area contributed by atoms with E-state index in [0.717, 1.165) is 18.4 Å². The third kappa shape index (κ3) is 7.35. The summed E-state index contributed by atoms with van der Waals surface area (Å²) in [5, 5.41) is 21.5. The van der Waals surface area contributed by atoms with Gasteiger partial charge in [-0.3, -0.25) is 18.9 Å². The van der Waals surface area contributed by atoms with E-state index in [4.69, 9.17) is 4.98 Å². The van der Waals surface area contributed by atoms with Crippen LogP contribution in [-0.4, -0.2) is 55.8 Å². The Morgan fingerprint density at radius 3 is 2.38 bits per heavy atom. The number of nitrogens with one attached hydrogen (secondary N) is 2. The fraction of sp³-hybridized carbons (Fsp3) is 0.316. The highest BCUT2D eigenvalue weighted by Gasteiger charge is 2.60. The minimum atomic E-state index is -3.76. The first-order valence-corrected chi connectivity index (χ1v) is 19.0. The molecule has 0 radical (unpaired) electrons. The number of carbonyl (C=O) groups is 1. The van der Waals surface area contributed by atoms with E-state index in [-0.39, 0.29) is 34.8 Å². The van der Waals surface area contributed by atoms with E-state index < -0.39 is 81.3 Å². The second-order valence-electron chi connectivity index (χ2n) is 14.3. The van der Waals surface area contributed by atoms with Gasteiger partial charge in [0.1, 0.15) is 40.9 Å². The highest BCUT2D eigenvalue weighted by atomic mass is 32.2. The van der Waals surface area contributed by atoms with Gasteiger partial charge in [0, 0.05) is 41.1 Å². The Hall–Kier alpha value is -5.67. The number of alkyl halides is 4. The molecule has 0 saturated heterocycles. The molecule has 0 saturated carbocycles. The summed E-state index contributed by atoms with van der Waals surface area (Å²) in [6.45, 7) is 1.96. The van der Waals surface area contributed by atoms with Gasteiger partial charge in [-0.15, -0.1) is 0 Å². The maximum atomic E-state index is 15.6. The van der Waals surface area contributed by atoms with Crippen molar-refractivity contribution in [3.8, 4) is 23.0 Å². The Morgan fingerprint density at radius 2 is 1.75 bits per heavy atom. The van der Waals surface area contributed by atoms with Gasteiger partial charge in [0.05, 0.1) is 29.4 Å². The largest absolute Gasteiger partial charge is 0.378 e. The first-order chi connectivity index (χ1) is 26.2. The Labute approximate surface area is 316 Å². The van der Waals surface area contributed by atoms with Crippen molar-refractivity contribution in [2.75, 3.05) is 11.0 Å². The molecular weight excluding hydrogens is 765 g/mol. The third-order valence-corrected chi connectivity index (χ3v) is 9.95. The number of pyridine rings is 1. The predicted molar refractivity (Wildman–Crippen MR) is 193 cm³/mol. The lowest BCUT2D eigenvalue weighted by Gasteiger charge is -2.27. The zero-order chi connectivity index (χ0) is 40.5. The van der Waals surface area contributed by atoms with Gasteiger partial charge < -0.3 is 10.4 Å². The van der Waals surface area contributed by atoms with Crippen molar-refractivity contribution in [1.29, 1.82) is 0 Å². The number of anilines is 1. The standard InChI is InChI=1S/C38H33F6N7O4S/c1-37(2,53)13-12-22-8-9-23(24-6-5-7-26-33(24)50(3)48-36(26)49-56(4,54)55)31(45-22)28(16-19-14-20(39)17-21(40)15-19)46-29(52)18-51-34-30(32(47-51)35(41)42)25-10-11-27(25)38(34,43)44/h5-11,14-15,17,25,27-28,35,53H,16,18H2,1-4H3,(H,46,52)(H,48,49)/t25-,27+,28-/m0/s1. The van der Waals surface area contributed by atoms with Gasteiger partial charge >= 0.3 is 0 Å². The molecular formula is C38H33F6N7O4S. The highest BCUT2D eigenvalue weighted by molar-refractivity contribution is 7.92. The van der Waals surface area contributed by atoms with Gasteiger partial charge in [-0.1, -0.05) is 30.2 Å². The van der Waals surface area contributed by atoms with Gasteiger partial charge in [-0.25, -0.2) is 31.0 Å². The lowest BCUT2D eigenvalue weighted by atomic mass is 9.81. The van der Waals surface area contributed by atoms with Crippen molar-refractivity contribution in [2.45, 2.75) is 56.7 Å². The summed E-state index contributed by atoms with van der Waals surface area (Å²) in [7, 11) is -2.19. The number of nitrogens with zero attached hydrogens (tertiary/aromatic N) is 5. The number of benzene rings is 2. The van der Waals surface area contributed by atoms with Crippen LogP contribution in [0.1, 0.15) is 66.1 Å². The van der Waals surface area contributed by atoms with Crippen LogP contribution < -0.4 is 10.0 Å². The summed E-state index contributed by atoms with van der Waals surface area (Å²) in [5.41, 5.74) is -2.07. The first-order valence-electron chi connectivity index (χ1n) is 17.1. The molecule has 56 heavy (non-hydrogen) atoms. The van der Waals surface area contributed by atoms with Crippen LogP contribution in [0.5, 0.6) is 0 Å². The zero-order valence-electron chi connectivity index (χ0n) is 30.1. The molecule has 18 heteroatoms. The summed E-state index contributed by atoms with van der Waals surface area (Å²) in [5.74, 6) is -3.33. The topological polar surface area (TPSA) is 144 Å². The molecule has 0 spiro atoms. The van der Waals surface area contributed by atoms with Crippen molar-refractivity contribution >= 4 is 32.7 Å². The van der Waals surface area contributed by atoms with Crippen LogP contribution in [0, 0.1) is 29.4 Å². The van der Waals surface area contributed by atoms with E-state index in [9.17, 15) is 35.9 Å². The maximum Gasteiger partial charge on any atom is 0.296 e. The van der Waals surface area contributed by atoms with E-state index in [1.54, 1.807) is 31.3 Å². The summed E-state index contributed by atoms with van der Waals surface area (Å²) in [4.78, 5) is 18.7. The summed E-state index contributed by atoms with van der Waals surface area (Å²) >= 11 is 0. The number of amides is 1. The molecule has 0 bridgehead atoms. The number of halogens is 6. The highest BCUT2D eigenvalue weighted by Crippen LogP contribution is 2.59. The van der Waals surface area contributed by atoms with Crippen LogP contribution in [0.15, 0.2) is 60.7 Å². The molecule has 0 fully saturated rings. The van der Waals surface area contributed by atoms with Crippen LogP contribution in [0.3, 0.4) is 0 Å². The van der Waals surface area contributed by atoms with Crippen LogP contribution in [0.2, 0.25) is 0 Å². The molecule has 7 rings (SSSR count). The first kappa shape index (κ1) is 38.6. The van der Waals surface area contributed by atoms with Gasteiger partial charge in [-0.2, -0.15) is 19.0 Å². The normalized spacial score (nSPS) is 17.6. The van der Waals surface area contributed by atoms with Gasteiger partial charge in [-0.05, 0) is 62.1 Å². The Kier molecular flexibility index (Phi) is 9.52. The molecule has 3 aromatic heterocycles. The minimum Gasteiger partial charge on any atom is -0.378 e. The number of para-hydroxylation sites is 1. The smallest absolute Gasteiger partial charge is 0.296 e. The van der Waals surface area contributed by atoms with E-state index in [0.29, 0.717) is 32.8 Å². The molecule has 2 aliphatic carbocycles. The van der Waals surface area contributed by atoms with Crippen molar-refractivity contribution < 1.29 is 44.7 Å². The number of aliphatic hydroxyl groups is 1. The second-order valence-corrected chi connectivity index (χ2v) is 16.0.